The summed E-state index contributed by atoms with van der Waals surface area (Å²) in [5.74, 6) is -0.100. The second-order valence-electron chi connectivity index (χ2n) is 11.8. The quantitative estimate of drug-likeness (QED) is 0.0652. The van der Waals surface area contributed by atoms with Crippen LogP contribution < -0.4 is 22.5 Å². The van der Waals surface area contributed by atoms with Crippen molar-refractivity contribution in [3.8, 4) is 16.9 Å². The third-order valence-electron chi connectivity index (χ3n) is 7.88. The number of aliphatic imine (C=N–C) groups is 1. The van der Waals surface area contributed by atoms with Gasteiger partial charge in [-0.3, -0.25) is 9.56 Å². The van der Waals surface area contributed by atoms with Crippen LogP contribution in [0.1, 0.15) is 63.1 Å². The molecule has 0 aliphatic heterocycles. The topological polar surface area (TPSA) is 181 Å². The lowest BCUT2D eigenvalue weighted by Crippen LogP contribution is -2.25. The highest BCUT2D eigenvalue weighted by atomic mass is 35.5. The maximum absolute atomic E-state index is 15.2. The average Bonchev–Trinajstić information content (AvgIpc) is 3.43. The molecule has 0 fully saturated rings. The second-order valence-corrected chi connectivity index (χ2v) is 14.2. The molecule has 11 nitrogen and oxygen atoms in total. The highest BCUT2D eigenvalue weighted by Crippen LogP contribution is 2.32. The number of fused-ring (bicyclic) bond motifs is 1. The van der Waals surface area contributed by atoms with Gasteiger partial charge in [-0.15, -0.1) is 0 Å². The molecule has 2 unspecified atom stereocenters. The molecule has 2 aromatic heterocycles. The van der Waals surface area contributed by atoms with Crippen LogP contribution in [0.5, 0.6) is 0 Å². The number of aliphatic hydroxyl groups is 1. The lowest BCUT2D eigenvalue weighted by atomic mass is 10.0. The molecule has 0 radical (unpaired) electrons. The van der Waals surface area contributed by atoms with Crippen molar-refractivity contribution in [2.75, 3.05) is 26.0 Å². The predicted molar refractivity (Wildman–Crippen MR) is 186 cm³/mol. The highest BCUT2D eigenvalue weighted by Gasteiger charge is 2.22. The average molecular weight is 688 g/mol. The van der Waals surface area contributed by atoms with E-state index in [1.165, 1.54) is 10.6 Å². The molecule has 254 valence electrons. The number of aryl methyl sites for hydroxylation is 1. The summed E-state index contributed by atoms with van der Waals surface area (Å²) in [4.78, 5) is 24.7. The maximum atomic E-state index is 15.2. The van der Waals surface area contributed by atoms with Crippen molar-refractivity contribution in [2.45, 2.75) is 69.4 Å². The number of nitrogens with two attached hydrogens (primary N) is 2. The lowest BCUT2D eigenvalue weighted by molar-refractivity contribution is 0.258. The minimum absolute atomic E-state index is 0.0430. The van der Waals surface area contributed by atoms with Crippen LogP contribution in [-0.4, -0.2) is 65.9 Å². The van der Waals surface area contributed by atoms with E-state index in [1.54, 1.807) is 43.5 Å². The van der Waals surface area contributed by atoms with Crippen molar-refractivity contribution < 1.29 is 17.9 Å². The van der Waals surface area contributed by atoms with E-state index >= 15 is 4.39 Å². The van der Waals surface area contributed by atoms with Crippen LogP contribution in [0.25, 0.3) is 28.0 Å². The van der Waals surface area contributed by atoms with E-state index in [-0.39, 0.29) is 39.8 Å². The largest absolute Gasteiger partial charge is 0.395 e. The number of aliphatic hydroxyl groups excluding tert-OH is 1. The molecule has 0 bridgehead atoms. The number of benzene rings is 2. The molecular formula is C33H43ClFN7O4S. The first-order valence-electron chi connectivity index (χ1n) is 15.6. The number of hydrogen-bond donors (Lipinski definition) is 5. The third kappa shape index (κ3) is 9.26. The zero-order chi connectivity index (χ0) is 34.3. The minimum atomic E-state index is -3.68. The predicted octanol–water partition coefficient (Wildman–Crippen LogP) is 4.42. The molecule has 0 aliphatic rings. The Morgan fingerprint density at radius 1 is 1.21 bits per heavy atom. The van der Waals surface area contributed by atoms with Crippen LogP contribution in [-0.2, 0) is 16.3 Å². The number of aromatic amines is 1. The minimum Gasteiger partial charge on any atom is -0.395 e. The fraction of sp³-hybridized carbons (Fsp3) is 0.424. The van der Waals surface area contributed by atoms with E-state index in [1.807, 2.05) is 6.92 Å². The first-order chi connectivity index (χ1) is 22.3. The number of nitrogens with one attached hydrogen (secondary N) is 2. The number of halogens is 2. The molecule has 0 aliphatic carbocycles. The maximum Gasteiger partial charge on any atom is 0.354 e. The van der Waals surface area contributed by atoms with Crippen LogP contribution in [0.3, 0.4) is 0 Å². The van der Waals surface area contributed by atoms with Gasteiger partial charge in [0.15, 0.2) is 15.7 Å². The number of sulfone groups is 1. The van der Waals surface area contributed by atoms with Crippen molar-refractivity contribution in [1.29, 1.82) is 0 Å². The fourth-order valence-corrected chi connectivity index (χ4v) is 6.73. The van der Waals surface area contributed by atoms with Crippen LogP contribution in [0.15, 0.2) is 57.3 Å². The first-order valence-corrected chi connectivity index (χ1v) is 17.9. The molecule has 0 spiro atoms. The Balaban J connectivity index is 1.68. The monoisotopic (exact) mass is 687 g/mol. The van der Waals surface area contributed by atoms with Gasteiger partial charge in [0.1, 0.15) is 5.65 Å². The van der Waals surface area contributed by atoms with E-state index < -0.39 is 21.3 Å². The Labute approximate surface area is 279 Å². The SMILES string of the molecule is CCCC(NCCCN=C(C)N)c1ccc(-n2cc3cc(-c4cc(CCCC(N)CO)cc(Cl)c4F)[nH]c3nc2=O)cc1S(C)(=O)=O. The van der Waals surface area contributed by atoms with Crippen molar-refractivity contribution in [2.24, 2.45) is 16.5 Å². The zero-order valence-electron chi connectivity index (χ0n) is 26.9. The van der Waals surface area contributed by atoms with E-state index in [4.69, 9.17) is 23.1 Å². The second kappa shape index (κ2) is 16.0. The van der Waals surface area contributed by atoms with Gasteiger partial charge in [0, 0.05) is 42.0 Å². The number of hydrogen-bond acceptors (Lipinski definition) is 8. The van der Waals surface area contributed by atoms with Gasteiger partial charge in [0.05, 0.1) is 33.7 Å². The van der Waals surface area contributed by atoms with Gasteiger partial charge in [-0.05, 0) is 87.0 Å². The summed E-state index contributed by atoms with van der Waals surface area (Å²) in [5, 5.41) is 13.1. The molecule has 2 aromatic carbocycles. The molecule has 2 atom stereocenters. The molecule has 0 saturated carbocycles. The molecule has 0 saturated heterocycles. The summed E-state index contributed by atoms with van der Waals surface area (Å²) in [7, 11) is -3.68. The van der Waals surface area contributed by atoms with Gasteiger partial charge >= 0.3 is 5.69 Å². The van der Waals surface area contributed by atoms with Crippen LogP contribution >= 0.6 is 11.6 Å². The molecule has 4 rings (SSSR count). The zero-order valence-corrected chi connectivity index (χ0v) is 28.5. The van der Waals surface area contributed by atoms with Gasteiger partial charge in [-0.1, -0.05) is 31.0 Å². The van der Waals surface area contributed by atoms with Crippen LogP contribution in [0.2, 0.25) is 5.02 Å². The fourth-order valence-electron chi connectivity index (χ4n) is 5.52. The Morgan fingerprint density at radius 2 is 1.98 bits per heavy atom. The number of H-pyrrole nitrogens is 1. The molecule has 14 heteroatoms. The summed E-state index contributed by atoms with van der Waals surface area (Å²) in [6, 6.07) is 9.29. The molecular weight excluding hydrogens is 645 g/mol. The van der Waals surface area contributed by atoms with Gasteiger partial charge in [-0.25, -0.2) is 17.6 Å². The summed E-state index contributed by atoms with van der Waals surface area (Å²) >= 11 is 6.24. The van der Waals surface area contributed by atoms with Crippen molar-refractivity contribution >= 4 is 38.3 Å². The number of amidine groups is 1. The molecule has 0 amide bonds. The normalized spacial score (nSPS) is 13.7. The lowest BCUT2D eigenvalue weighted by Gasteiger charge is -2.22. The van der Waals surface area contributed by atoms with E-state index in [2.05, 4.69) is 20.3 Å². The first kappa shape index (κ1) is 36.2. The van der Waals surface area contributed by atoms with Gasteiger partial charge in [0.2, 0.25) is 0 Å². The Hall–Kier alpha value is -3.62. The summed E-state index contributed by atoms with van der Waals surface area (Å²) < 4.78 is 42.5. The van der Waals surface area contributed by atoms with Gasteiger partial charge in [-0.2, -0.15) is 4.98 Å². The number of nitrogens with zero attached hydrogens (tertiary/aromatic N) is 3. The number of aromatic nitrogens is 3. The third-order valence-corrected chi connectivity index (χ3v) is 9.30. The standard InChI is InChI=1S/C33H43ClFN7O4S/c1-4-7-28(39-13-6-12-38-20(2)36)25-11-10-24(17-30(25)47(3,45)46)42-18-22-16-29(40-32(22)41-33(42)44)26-14-21(15-27(34)31(26)35)8-5-9-23(37)19-43/h10-11,14-18,23,28,39,43H,4-9,12-13,19,37H2,1-3H3,(H2,36,38)(H,40,41,44). The van der Waals surface area contributed by atoms with Crippen LogP contribution in [0.4, 0.5) is 4.39 Å². The Morgan fingerprint density at radius 3 is 2.66 bits per heavy atom. The van der Waals surface area contributed by atoms with E-state index in [0.717, 1.165) is 24.7 Å². The number of rotatable bonds is 16. The molecule has 47 heavy (non-hydrogen) atoms. The summed E-state index contributed by atoms with van der Waals surface area (Å²) in [6.07, 6.45) is 6.83. The smallest absolute Gasteiger partial charge is 0.354 e. The van der Waals surface area contributed by atoms with E-state index in [0.29, 0.717) is 66.9 Å². The van der Waals surface area contributed by atoms with Crippen molar-refractivity contribution in [3.05, 3.63) is 75.0 Å². The van der Waals surface area contributed by atoms with E-state index in [9.17, 15) is 18.3 Å². The highest BCUT2D eigenvalue weighted by molar-refractivity contribution is 7.90. The summed E-state index contributed by atoms with van der Waals surface area (Å²) in [6.45, 7) is 4.84. The Kier molecular flexibility index (Phi) is 12.3. The molecule has 4 aromatic rings. The van der Waals surface area contributed by atoms with Crippen molar-refractivity contribution in [1.82, 2.24) is 19.9 Å². The van der Waals surface area contributed by atoms with Gasteiger partial charge < -0.3 is 26.9 Å². The molecule has 7 N–H and O–H groups in total. The van der Waals surface area contributed by atoms with Crippen LogP contribution in [0, 0.1) is 5.82 Å². The summed E-state index contributed by atoms with van der Waals surface area (Å²) in [5.41, 5.74) is 13.4. The Bertz CT molecular complexity index is 1900. The molecule has 2 heterocycles. The van der Waals surface area contributed by atoms with Crippen molar-refractivity contribution in [3.63, 3.8) is 0 Å². The van der Waals surface area contributed by atoms with Gasteiger partial charge in [0.25, 0.3) is 0 Å².